The van der Waals surface area contributed by atoms with Crippen molar-refractivity contribution in [2.45, 2.75) is 12.8 Å². The van der Waals surface area contributed by atoms with Crippen molar-refractivity contribution in [3.63, 3.8) is 0 Å². The highest BCUT2D eigenvalue weighted by Crippen LogP contribution is 2.33. The van der Waals surface area contributed by atoms with Gasteiger partial charge in [-0.15, -0.1) is 0 Å². The van der Waals surface area contributed by atoms with E-state index in [0.29, 0.717) is 30.1 Å². The number of nitrogens with zero attached hydrogens (tertiary/aromatic N) is 2. The molecule has 1 unspecified atom stereocenters. The van der Waals surface area contributed by atoms with Crippen LogP contribution in [0.2, 0.25) is 5.02 Å². The topological polar surface area (TPSA) is 83.7 Å². The molecule has 1 atom stereocenters. The fourth-order valence-electron chi connectivity index (χ4n) is 2.30. The van der Waals surface area contributed by atoms with Gasteiger partial charge in [-0.2, -0.15) is 0 Å². The lowest BCUT2D eigenvalue weighted by molar-refractivity contribution is -0.384. The average molecular weight is 285 g/mol. The first-order valence-corrected chi connectivity index (χ1v) is 6.28. The van der Waals surface area contributed by atoms with E-state index in [0.717, 1.165) is 0 Å². The fraction of sp³-hybridized carbons (Fsp3) is 0.417. The molecule has 0 amide bonds. The van der Waals surface area contributed by atoms with Gasteiger partial charge in [-0.1, -0.05) is 11.6 Å². The Kier molecular flexibility index (Phi) is 3.90. The van der Waals surface area contributed by atoms with Crippen LogP contribution in [-0.4, -0.2) is 29.1 Å². The predicted molar refractivity (Wildman–Crippen MR) is 70.7 cm³/mol. The van der Waals surface area contributed by atoms with Gasteiger partial charge in [0.25, 0.3) is 5.69 Å². The quantitative estimate of drug-likeness (QED) is 0.681. The lowest BCUT2D eigenvalue weighted by Crippen LogP contribution is -2.39. The normalized spacial score (nSPS) is 19.2. The second kappa shape index (κ2) is 5.44. The Balaban J connectivity index is 2.32. The van der Waals surface area contributed by atoms with Crippen LogP contribution in [-0.2, 0) is 4.79 Å². The Morgan fingerprint density at radius 3 is 2.89 bits per heavy atom. The molecule has 0 bridgehead atoms. The van der Waals surface area contributed by atoms with Gasteiger partial charge in [-0.05, 0) is 25.0 Å². The van der Waals surface area contributed by atoms with E-state index in [1.54, 1.807) is 4.90 Å². The standard InChI is InChI=1S/C12H13ClN2O4/c13-9-3-4-10(15(18)19)11(6-9)14-5-1-2-8(7-14)12(16)17/h3-4,6,8H,1-2,5,7H2,(H,16,17). The van der Waals surface area contributed by atoms with Crippen LogP contribution in [0.3, 0.4) is 0 Å². The first kappa shape index (κ1) is 13.6. The zero-order valence-electron chi connectivity index (χ0n) is 10.1. The third-order valence-corrected chi connectivity index (χ3v) is 3.48. The summed E-state index contributed by atoms with van der Waals surface area (Å²) >= 11 is 5.87. The Hall–Kier alpha value is -1.82. The van der Waals surface area contributed by atoms with Crippen LogP contribution in [0.1, 0.15) is 12.8 Å². The number of benzene rings is 1. The number of carboxylic acid groups (broad SMARTS) is 1. The third-order valence-electron chi connectivity index (χ3n) is 3.25. The summed E-state index contributed by atoms with van der Waals surface area (Å²) in [6, 6.07) is 4.33. The van der Waals surface area contributed by atoms with Gasteiger partial charge in [0.2, 0.25) is 0 Å². The van der Waals surface area contributed by atoms with E-state index in [4.69, 9.17) is 16.7 Å². The molecule has 7 heteroatoms. The van der Waals surface area contributed by atoms with Crippen molar-refractivity contribution < 1.29 is 14.8 Å². The minimum absolute atomic E-state index is 0.0459. The molecule has 1 aromatic carbocycles. The van der Waals surface area contributed by atoms with E-state index in [1.807, 2.05) is 0 Å². The summed E-state index contributed by atoms with van der Waals surface area (Å²) in [5.74, 6) is -1.36. The summed E-state index contributed by atoms with van der Waals surface area (Å²) in [6.07, 6.45) is 1.29. The van der Waals surface area contributed by atoms with Crippen molar-refractivity contribution >= 4 is 28.9 Å². The number of hydrogen-bond donors (Lipinski definition) is 1. The van der Waals surface area contributed by atoms with Crippen molar-refractivity contribution in [1.82, 2.24) is 0 Å². The van der Waals surface area contributed by atoms with Crippen LogP contribution in [0.15, 0.2) is 18.2 Å². The molecule has 1 saturated heterocycles. The molecule has 0 saturated carbocycles. The van der Waals surface area contributed by atoms with E-state index in [-0.39, 0.29) is 12.2 Å². The number of hydrogen-bond acceptors (Lipinski definition) is 4. The summed E-state index contributed by atoms with van der Waals surface area (Å²) in [4.78, 5) is 23.3. The van der Waals surface area contributed by atoms with Crippen molar-refractivity contribution in [3.05, 3.63) is 33.3 Å². The summed E-state index contributed by atoms with van der Waals surface area (Å²) < 4.78 is 0. The van der Waals surface area contributed by atoms with Gasteiger partial charge in [0.15, 0.2) is 0 Å². The molecule has 0 aliphatic carbocycles. The second-order valence-corrected chi connectivity index (χ2v) is 4.95. The monoisotopic (exact) mass is 284 g/mol. The molecule has 2 rings (SSSR count). The number of piperidine rings is 1. The van der Waals surface area contributed by atoms with Crippen LogP contribution in [0.5, 0.6) is 0 Å². The number of aliphatic carboxylic acids is 1. The minimum atomic E-state index is -0.866. The number of nitro benzene ring substituents is 1. The Bertz CT molecular complexity index is 520. The molecule has 0 radical (unpaired) electrons. The van der Waals surface area contributed by atoms with Gasteiger partial charge >= 0.3 is 5.97 Å². The highest BCUT2D eigenvalue weighted by molar-refractivity contribution is 6.31. The zero-order valence-corrected chi connectivity index (χ0v) is 10.8. The predicted octanol–water partition coefficient (Wildman–Crippen LogP) is 2.55. The number of carbonyl (C=O) groups is 1. The van der Waals surface area contributed by atoms with Crippen molar-refractivity contribution in [1.29, 1.82) is 0 Å². The van der Waals surface area contributed by atoms with E-state index < -0.39 is 16.8 Å². The molecule has 1 aromatic rings. The Morgan fingerprint density at radius 1 is 1.53 bits per heavy atom. The molecule has 102 valence electrons. The van der Waals surface area contributed by atoms with E-state index in [2.05, 4.69) is 0 Å². The molecule has 0 spiro atoms. The van der Waals surface area contributed by atoms with Crippen molar-refractivity contribution in [2.24, 2.45) is 5.92 Å². The lowest BCUT2D eigenvalue weighted by atomic mass is 9.97. The Morgan fingerprint density at radius 2 is 2.26 bits per heavy atom. The van der Waals surface area contributed by atoms with Crippen LogP contribution >= 0.6 is 11.6 Å². The van der Waals surface area contributed by atoms with E-state index in [1.165, 1.54) is 18.2 Å². The molecule has 0 aromatic heterocycles. The SMILES string of the molecule is O=C(O)C1CCCN(c2cc(Cl)ccc2[N+](=O)[O-])C1. The number of halogens is 1. The van der Waals surface area contributed by atoms with Crippen LogP contribution in [0.4, 0.5) is 11.4 Å². The number of rotatable bonds is 3. The molecular weight excluding hydrogens is 272 g/mol. The van der Waals surface area contributed by atoms with Gasteiger partial charge in [0.1, 0.15) is 5.69 Å². The molecule has 1 fully saturated rings. The summed E-state index contributed by atoms with van der Waals surface area (Å²) in [6.45, 7) is 0.876. The van der Waals surface area contributed by atoms with Crippen LogP contribution in [0.25, 0.3) is 0 Å². The second-order valence-electron chi connectivity index (χ2n) is 4.51. The largest absolute Gasteiger partial charge is 0.481 e. The molecule has 1 aliphatic rings. The smallest absolute Gasteiger partial charge is 0.308 e. The molecule has 1 aliphatic heterocycles. The van der Waals surface area contributed by atoms with Gasteiger partial charge in [-0.3, -0.25) is 14.9 Å². The van der Waals surface area contributed by atoms with E-state index >= 15 is 0 Å². The molecule has 6 nitrogen and oxygen atoms in total. The lowest BCUT2D eigenvalue weighted by Gasteiger charge is -2.32. The maximum atomic E-state index is 11.0. The molecular formula is C12H13ClN2O4. The minimum Gasteiger partial charge on any atom is -0.481 e. The first-order valence-electron chi connectivity index (χ1n) is 5.90. The number of carboxylic acids is 1. The number of anilines is 1. The highest BCUT2D eigenvalue weighted by Gasteiger charge is 2.29. The average Bonchev–Trinajstić information content (AvgIpc) is 2.38. The maximum absolute atomic E-state index is 11.0. The number of nitro groups is 1. The van der Waals surface area contributed by atoms with E-state index in [9.17, 15) is 14.9 Å². The van der Waals surface area contributed by atoms with Gasteiger partial charge < -0.3 is 10.0 Å². The first-order chi connectivity index (χ1) is 8.99. The van der Waals surface area contributed by atoms with Crippen molar-refractivity contribution in [2.75, 3.05) is 18.0 Å². The van der Waals surface area contributed by atoms with Crippen LogP contribution in [0, 0.1) is 16.0 Å². The molecule has 1 heterocycles. The zero-order chi connectivity index (χ0) is 14.0. The van der Waals surface area contributed by atoms with Gasteiger partial charge in [-0.25, -0.2) is 0 Å². The Labute approximate surface area is 114 Å². The summed E-state index contributed by atoms with van der Waals surface area (Å²) in [5, 5.41) is 20.5. The summed E-state index contributed by atoms with van der Waals surface area (Å²) in [5.41, 5.74) is 0.346. The van der Waals surface area contributed by atoms with Crippen molar-refractivity contribution in [3.8, 4) is 0 Å². The summed E-state index contributed by atoms with van der Waals surface area (Å²) in [7, 11) is 0. The molecule has 1 N–H and O–H groups in total. The van der Waals surface area contributed by atoms with Gasteiger partial charge in [0, 0.05) is 24.2 Å². The fourth-order valence-corrected chi connectivity index (χ4v) is 2.47. The van der Waals surface area contributed by atoms with Gasteiger partial charge in [0.05, 0.1) is 10.8 Å². The maximum Gasteiger partial charge on any atom is 0.308 e. The molecule has 19 heavy (non-hydrogen) atoms. The highest BCUT2D eigenvalue weighted by atomic mass is 35.5. The third kappa shape index (κ3) is 2.96. The van der Waals surface area contributed by atoms with Crippen LogP contribution < -0.4 is 4.90 Å².